The average Bonchev–Trinajstić information content (AvgIpc) is 3.48. The van der Waals surface area contributed by atoms with Gasteiger partial charge < -0.3 is 31.5 Å². The molecule has 2 aliphatic rings. The number of nitrogens with two attached hydrogens (primary N) is 2. The van der Waals surface area contributed by atoms with Crippen LogP contribution in [0.25, 0.3) is 10.2 Å². The summed E-state index contributed by atoms with van der Waals surface area (Å²) in [5.74, 6) is -2.69. The average molecular weight is 564 g/mol. The molecule has 0 aromatic carbocycles. The Balaban J connectivity index is 1.38. The zero-order chi connectivity index (χ0) is 26.3. The van der Waals surface area contributed by atoms with Gasteiger partial charge >= 0.3 is 0 Å². The lowest BCUT2D eigenvalue weighted by atomic mass is 10.0. The fourth-order valence-electron chi connectivity index (χ4n) is 4.09. The van der Waals surface area contributed by atoms with E-state index >= 15 is 0 Å². The summed E-state index contributed by atoms with van der Waals surface area (Å²) in [4.78, 5) is 48.3. The number of nitrogen functional groups attached to an aromatic ring is 2. The van der Waals surface area contributed by atoms with Crippen molar-refractivity contribution >= 4 is 79.0 Å². The van der Waals surface area contributed by atoms with Crippen molar-refractivity contribution in [1.29, 1.82) is 0 Å². The predicted octanol–water partition coefficient (Wildman–Crippen LogP) is -0.438. The summed E-state index contributed by atoms with van der Waals surface area (Å²) in [6.45, 7) is -1.07. The van der Waals surface area contributed by atoms with Crippen LogP contribution in [0.2, 0.25) is 0 Å². The number of aromatic nitrogens is 2. The number of thiophene rings is 1. The predicted molar refractivity (Wildman–Crippen MR) is 134 cm³/mol. The molecule has 37 heavy (non-hydrogen) atoms. The van der Waals surface area contributed by atoms with Crippen molar-refractivity contribution in [1.82, 2.24) is 15.2 Å². The largest absolute Gasteiger partial charge is 0.543 e. The number of carbonyl (C=O) groups excluding carboxylic acids is 3. The number of hydrogen-bond acceptors (Lipinski definition) is 12. The van der Waals surface area contributed by atoms with Crippen LogP contribution < -0.4 is 26.5 Å². The molecule has 3 aromatic heterocycles. The third-order valence-electron chi connectivity index (χ3n) is 5.70. The van der Waals surface area contributed by atoms with Crippen LogP contribution in [0.4, 0.5) is 15.2 Å². The molecular formula is C21H18FN7O5S3. The zero-order valence-corrected chi connectivity index (χ0v) is 21.2. The monoisotopic (exact) mass is 563 g/mol. The van der Waals surface area contributed by atoms with Crippen molar-refractivity contribution in [3.63, 3.8) is 0 Å². The van der Waals surface area contributed by atoms with E-state index in [9.17, 15) is 23.9 Å². The molecule has 5 rings (SSSR count). The normalized spacial score (nSPS) is 19.5. The zero-order valence-electron chi connectivity index (χ0n) is 18.8. The number of thiazole rings is 1. The van der Waals surface area contributed by atoms with E-state index in [-0.39, 0.29) is 34.5 Å². The fraction of sp³-hybridized carbons (Fsp3) is 0.238. The number of hydrogen-bond donors (Lipinski definition) is 3. The first-order chi connectivity index (χ1) is 17.8. The number of alkyl halides is 1. The van der Waals surface area contributed by atoms with Crippen LogP contribution in [0.5, 0.6) is 0 Å². The number of amides is 2. The molecule has 0 bridgehead atoms. The van der Waals surface area contributed by atoms with Crippen molar-refractivity contribution in [3.8, 4) is 0 Å². The van der Waals surface area contributed by atoms with Crippen LogP contribution in [0.1, 0.15) is 5.69 Å². The Labute approximate surface area is 220 Å². The topological polar surface area (TPSA) is 180 Å². The van der Waals surface area contributed by atoms with Gasteiger partial charge in [0.2, 0.25) is 0 Å². The minimum absolute atomic E-state index is 0.0476. The molecule has 0 radical (unpaired) electrons. The Morgan fingerprint density at radius 3 is 2.86 bits per heavy atom. The van der Waals surface area contributed by atoms with Gasteiger partial charge in [-0.15, -0.1) is 23.1 Å². The Hall–Kier alpha value is -3.76. The Bertz CT molecular complexity index is 1490. The Morgan fingerprint density at radius 2 is 2.16 bits per heavy atom. The molecule has 1 unspecified atom stereocenters. The summed E-state index contributed by atoms with van der Waals surface area (Å²) < 4.78 is 14.4. The molecule has 3 aromatic rings. The summed E-state index contributed by atoms with van der Waals surface area (Å²) in [6, 6.07) is 2.64. The van der Waals surface area contributed by atoms with Gasteiger partial charge in [-0.3, -0.25) is 14.5 Å². The lowest BCUT2D eigenvalue weighted by molar-refractivity contribution is -0.661. The van der Waals surface area contributed by atoms with Gasteiger partial charge in [0.1, 0.15) is 17.1 Å². The van der Waals surface area contributed by atoms with Crippen LogP contribution in [0.3, 0.4) is 0 Å². The van der Waals surface area contributed by atoms with Crippen LogP contribution in [0.15, 0.2) is 45.5 Å². The van der Waals surface area contributed by atoms with Crippen molar-refractivity contribution < 1.29 is 33.3 Å². The second-order valence-corrected chi connectivity index (χ2v) is 10.7. The van der Waals surface area contributed by atoms with Gasteiger partial charge in [0.15, 0.2) is 23.6 Å². The summed E-state index contributed by atoms with van der Waals surface area (Å²) in [5.41, 5.74) is 12.2. The molecule has 0 aliphatic carbocycles. The number of oxime groups is 1. The van der Waals surface area contributed by atoms with Crippen molar-refractivity contribution in [2.24, 2.45) is 5.16 Å². The van der Waals surface area contributed by atoms with Crippen LogP contribution in [-0.2, 0) is 25.8 Å². The number of thioether (sulfide) groups is 1. The summed E-state index contributed by atoms with van der Waals surface area (Å²) >= 11 is 3.77. The summed E-state index contributed by atoms with van der Waals surface area (Å²) in [7, 11) is 0. The molecule has 1 fully saturated rings. The molecule has 0 spiro atoms. The highest BCUT2D eigenvalue weighted by Gasteiger charge is 2.53. The SMILES string of the molecule is Nc1nc(/C(=N/OCF)C(=O)NC2C(=O)N3C(C(=O)[O-])=C(C[n+]4cccc5c(N)csc54)CS[C@H]23)cs1. The first kappa shape index (κ1) is 24.9. The standard InChI is InChI=1S/C21H18FN7O5S3/c22-8-34-27-13(12-7-37-21(24)25-12)16(30)26-14-17(31)29-15(20(32)33)9(5-35-19(14)29)4-28-3-1-2-10-11(23)6-36-18(10)28/h1-3,6-7,14,19H,4-5,8,23H2,(H3-,24,25,26,30,32,33)/b27-13-/t14?,19-/m1/s1. The highest BCUT2D eigenvalue weighted by atomic mass is 32.2. The first-order valence-electron chi connectivity index (χ1n) is 10.6. The van der Waals surface area contributed by atoms with E-state index in [1.165, 1.54) is 28.5 Å². The molecular weight excluding hydrogens is 545 g/mol. The number of pyridine rings is 1. The number of halogens is 1. The number of rotatable bonds is 8. The maximum Gasteiger partial charge on any atom is 0.276 e. The molecule has 2 aliphatic heterocycles. The van der Waals surface area contributed by atoms with E-state index in [0.717, 1.165) is 26.5 Å². The highest BCUT2D eigenvalue weighted by molar-refractivity contribution is 8.00. The number of nitrogens with zero attached hydrogens (tertiary/aromatic N) is 4. The molecule has 2 atom stereocenters. The van der Waals surface area contributed by atoms with E-state index in [0.29, 0.717) is 11.3 Å². The Kier molecular flexibility index (Phi) is 6.70. The van der Waals surface area contributed by atoms with Crippen molar-refractivity contribution in [2.75, 3.05) is 24.1 Å². The third kappa shape index (κ3) is 4.47. The van der Waals surface area contributed by atoms with Gasteiger partial charge in [-0.1, -0.05) is 16.5 Å². The molecule has 2 amide bonds. The lowest BCUT2D eigenvalue weighted by Gasteiger charge is -2.50. The van der Waals surface area contributed by atoms with Gasteiger partial charge in [0.05, 0.1) is 22.7 Å². The molecule has 12 nitrogen and oxygen atoms in total. The number of fused-ring (bicyclic) bond motifs is 2. The number of carbonyl (C=O) groups is 3. The maximum absolute atomic E-state index is 13.0. The molecule has 1 saturated heterocycles. The summed E-state index contributed by atoms with van der Waals surface area (Å²) in [5, 5.41) is 21.7. The van der Waals surface area contributed by atoms with Gasteiger partial charge in [0.25, 0.3) is 23.5 Å². The second kappa shape index (κ2) is 9.95. The van der Waals surface area contributed by atoms with E-state index in [2.05, 4.69) is 20.3 Å². The van der Waals surface area contributed by atoms with Gasteiger partial charge in [0, 0.05) is 28.2 Å². The highest BCUT2D eigenvalue weighted by Crippen LogP contribution is 2.40. The minimum Gasteiger partial charge on any atom is -0.543 e. The van der Waals surface area contributed by atoms with E-state index in [1.54, 1.807) is 0 Å². The first-order valence-corrected chi connectivity index (χ1v) is 13.4. The summed E-state index contributed by atoms with van der Waals surface area (Å²) in [6.07, 6.45) is 1.81. The van der Waals surface area contributed by atoms with E-state index in [1.807, 2.05) is 28.3 Å². The number of β-lactam (4-membered cyclic amide) rings is 1. The fourth-order valence-corrected chi connectivity index (χ4v) is 6.92. The van der Waals surface area contributed by atoms with Crippen LogP contribution >= 0.6 is 34.4 Å². The molecule has 16 heteroatoms. The molecule has 5 N–H and O–H groups in total. The van der Waals surface area contributed by atoms with Crippen LogP contribution in [0, 0.1) is 0 Å². The second-order valence-electron chi connectivity index (χ2n) is 7.90. The molecule has 192 valence electrons. The van der Waals surface area contributed by atoms with Crippen LogP contribution in [-0.4, -0.2) is 57.4 Å². The van der Waals surface area contributed by atoms with E-state index < -0.39 is 36.1 Å². The lowest BCUT2D eigenvalue weighted by Crippen LogP contribution is -2.71. The van der Waals surface area contributed by atoms with Crippen molar-refractivity contribution in [2.45, 2.75) is 18.0 Å². The number of nitrogens with one attached hydrogen (secondary N) is 1. The quantitative estimate of drug-likeness (QED) is 0.142. The van der Waals surface area contributed by atoms with Crippen molar-refractivity contribution in [3.05, 3.63) is 46.1 Å². The number of carboxylic acid groups (broad SMARTS) is 1. The number of aliphatic carboxylic acids is 1. The van der Waals surface area contributed by atoms with Gasteiger partial charge in [-0.25, -0.2) is 9.37 Å². The molecule has 0 saturated carbocycles. The molecule has 5 heterocycles. The van der Waals surface area contributed by atoms with Gasteiger partial charge in [-0.05, 0) is 6.07 Å². The number of anilines is 2. The third-order valence-corrected chi connectivity index (χ3v) is 8.76. The van der Waals surface area contributed by atoms with E-state index in [4.69, 9.17) is 11.5 Å². The minimum atomic E-state index is -1.49. The van der Waals surface area contributed by atoms with Gasteiger partial charge in [-0.2, -0.15) is 4.57 Å². The Morgan fingerprint density at radius 1 is 1.35 bits per heavy atom. The smallest absolute Gasteiger partial charge is 0.276 e. The number of carboxylic acids is 1. The maximum atomic E-state index is 13.0.